The average molecular weight is 408 g/mol. The number of carbonyl (C=O) groups is 1. The third-order valence-electron chi connectivity index (χ3n) is 5.27. The molecule has 5 rings (SSSR count). The molecule has 0 fully saturated rings. The Morgan fingerprint density at radius 2 is 1.84 bits per heavy atom. The number of imidazole rings is 1. The number of fused-ring (bicyclic) bond motifs is 3. The van der Waals surface area contributed by atoms with Crippen LogP contribution < -0.4 is 5.32 Å². The van der Waals surface area contributed by atoms with Gasteiger partial charge in [-0.15, -0.1) is 10.2 Å². The maximum absolute atomic E-state index is 12.8. The summed E-state index contributed by atoms with van der Waals surface area (Å²) in [6.45, 7) is 3.04. The Balaban J connectivity index is 1.53. The summed E-state index contributed by atoms with van der Waals surface area (Å²) in [4.78, 5) is 21.5. The monoisotopic (exact) mass is 408 g/mol. The lowest BCUT2D eigenvalue weighted by atomic mass is 10.1. The summed E-state index contributed by atoms with van der Waals surface area (Å²) in [6, 6.07) is 19.5. The van der Waals surface area contributed by atoms with Gasteiger partial charge in [-0.2, -0.15) is 0 Å². The Morgan fingerprint density at radius 3 is 2.65 bits per heavy atom. The fourth-order valence-electron chi connectivity index (χ4n) is 3.69. The van der Waals surface area contributed by atoms with Crippen LogP contribution in [0, 0.1) is 6.92 Å². The van der Waals surface area contributed by atoms with Crippen LogP contribution in [-0.2, 0) is 13.1 Å². The van der Waals surface area contributed by atoms with E-state index in [4.69, 9.17) is 0 Å². The highest BCUT2D eigenvalue weighted by Crippen LogP contribution is 2.25. The zero-order valence-corrected chi connectivity index (χ0v) is 17.0. The van der Waals surface area contributed by atoms with Gasteiger partial charge >= 0.3 is 0 Å². The number of rotatable bonds is 5. The van der Waals surface area contributed by atoms with E-state index in [-0.39, 0.29) is 5.91 Å². The molecule has 5 aromatic rings. The first kappa shape index (κ1) is 18.9. The number of aryl methyl sites for hydroxylation is 1. The molecule has 0 aliphatic heterocycles. The van der Waals surface area contributed by atoms with Gasteiger partial charge in [-0.1, -0.05) is 36.4 Å². The van der Waals surface area contributed by atoms with E-state index in [0.29, 0.717) is 24.3 Å². The van der Waals surface area contributed by atoms with Gasteiger partial charge in [0.25, 0.3) is 5.91 Å². The van der Waals surface area contributed by atoms with Gasteiger partial charge in [0.05, 0.1) is 11.0 Å². The molecule has 2 aromatic carbocycles. The van der Waals surface area contributed by atoms with Crippen LogP contribution in [0.15, 0.2) is 73.1 Å². The molecule has 1 amide bonds. The van der Waals surface area contributed by atoms with Crippen molar-refractivity contribution in [1.82, 2.24) is 30.0 Å². The minimum atomic E-state index is -0.151. The second-order valence-electron chi connectivity index (χ2n) is 7.38. The van der Waals surface area contributed by atoms with E-state index in [1.54, 1.807) is 18.5 Å². The zero-order chi connectivity index (χ0) is 21.2. The predicted octanol–water partition coefficient (Wildman–Crippen LogP) is 3.66. The van der Waals surface area contributed by atoms with Crippen LogP contribution in [0.1, 0.15) is 27.3 Å². The normalized spacial score (nSPS) is 11.1. The molecular weight excluding hydrogens is 388 g/mol. The van der Waals surface area contributed by atoms with E-state index >= 15 is 0 Å². The number of amides is 1. The van der Waals surface area contributed by atoms with Crippen molar-refractivity contribution < 1.29 is 4.79 Å². The molecule has 152 valence electrons. The lowest BCUT2D eigenvalue weighted by Gasteiger charge is -2.10. The molecule has 0 spiro atoms. The molecule has 1 N–H and O–H groups in total. The minimum Gasteiger partial charge on any atom is -0.348 e. The Morgan fingerprint density at radius 1 is 1.00 bits per heavy atom. The van der Waals surface area contributed by atoms with Gasteiger partial charge in [-0.05, 0) is 42.3 Å². The molecule has 0 radical (unpaired) electrons. The first-order valence-corrected chi connectivity index (χ1v) is 10.0. The molecule has 3 aromatic heterocycles. The van der Waals surface area contributed by atoms with Crippen molar-refractivity contribution >= 4 is 28.0 Å². The predicted molar refractivity (Wildman–Crippen MR) is 119 cm³/mol. The summed E-state index contributed by atoms with van der Waals surface area (Å²) in [5.74, 6) is 0.702. The quantitative estimate of drug-likeness (QED) is 0.480. The van der Waals surface area contributed by atoms with E-state index in [2.05, 4.69) is 42.2 Å². The summed E-state index contributed by atoms with van der Waals surface area (Å²) in [6.07, 6.45) is 3.45. The molecule has 7 heteroatoms. The van der Waals surface area contributed by atoms with Crippen molar-refractivity contribution in [2.24, 2.45) is 0 Å². The number of hydrogen-bond acceptors (Lipinski definition) is 5. The summed E-state index contributed by atoms with van der Waals surface area (Å²) in [7, 11) is 0. The van der Waals surface area contributed by atoms with E-state index in [0.717, 1.165) is 27.8 Å². The van der Waals surface area contributed by atoms with E-state index in [9.17, 15) is 4.79 Å². The number of benzene rings is 2. The molecule has 0 unspecified atom stereocenters. The van der Waals surface area contributed by atoms with Crippen LogP contribution in [-0.4, -0.2) is 30.6 Å². The minimum absolute atomic E-state index is 0.151. The topological polar surface area (TPSA) is 85.6 Å². The first-order valence-electron chi connectivity index (χ1n) is 10.0. The smallest absolute Gasteiger partial charge is 0.251 e. The molecule has 0 saturated carbocycles. The van der Waals surface area contributed by atoms with Gasteiger partial charge in [-0.25, -0.2) is 4.98 Å². The lowest BCUT2D eigenvalue weighted by molar-refractivity contribution is 0.0951. The number of nitrogens with zero attached hydrogens (tertiary/aromatic N) is 5. The second-order valence-corrected chi connectivity index (χ2v) is 7.38. The van der Waals surface area contributed by atoms with Gasteiger partial charge in [-0.3, -0.25) is 9.78 Å². The van der Waals surface area contributed by atoms with Crippen LogP contribution >= 0.6 is 0 Å². The Kier molecular flexibility index (Phi) is 4.84. The molecule has 0 atom stereocenters. The molecule has 0 saturated heterocycles. The van der Waals surface area contributed by atoms with Crippen molar-refractivity contribution in [2.45, 2.75) is 20.0 Å². The number of aromatic nitrogens is 5. The van der Waals surface area contributed by atoms with Crippen LogP contribution in [0.3, 0.4) is 0 Å². The maximum atomic E-state index is 12.8. The third kappa shape index (κ3) is 3.73. The largest absolute Gasteiger partial charge is 0.348 e. The third-order valence-corrected chi connectivity index (χ3v) is 5.27. The van der Waals surface area contributed by atoms with Crippen LogP contribution in [0.4, 0.5) is 0 Å². The number of carbonyl (C=O) groups excluding carboxylic acids is 1. The Labute approximate surface area is 178 Å². The van der Waals surface area contributed by atoms with Gasteiger partial charge < -0.3 is 9.88 Å². The molecule has 0 aliphatic rings. The summed E-state index contributed by atoms with van der Waals surface area (Å²) in [5, 5.41) is 12.4. The fourth-order valence-corrected chi connectivity index (χ4v) is 3.69. The summed E-state index contributed by atoms with van der Waals surface area (Å²) >= 11 is 0. The highest BCUT2D eigenvalue weighted by atomic mass is 16.1. The average Bonchev–Trinajstić information content (AvgIpc) is 3.14. The lowest BCUT2D eigenvalue weighted by Crippen LogP contribution is -2.22. The standard InChI is InChI=1S/C24H20N6O/c1-16-27-23-22(30(16)15-17-6-3-2-4-7-17)20-12-19(9-10-21(20)28-29-23)24(31)26-14-18-8-5-11-25-13-18/h2-13H,14-15H2,1H3,(H,26,31). The second kappa shape index (κ2) is 7.95. The number of hydrogen-bond donors (Lipinski definition) is 1. The van der Waals surface area contributed by atoms with E-state index in [1.165, 1.54) is 5.56 Å². The molecular formula is C24H20N6O. The summed E-state index contributed by atoms with van der Waals surface area (Å²) in [5.41, 5.74) is 4.87. The van der Waals surface area contributed by atoms with Gasteiger partial charge in [0.2, 0.25) is 5.65 Å². The number of pyridine rings is 1. The maximum Gasteiger partial charge on any atom is 0.251 e. The van der Waals surface area contributed by atoms with Crippen molar-refractivity contribution in [2.75, 3.05) is 0 Å². The van der Waals surface area contributed by atoms with Gasteiger partial charge in [0, 0.05) is 36.4 Å². The highest BCUT2D eigenvalue weighted by molar-refractivity contribution is 6.05. The first-order chi connectivity index (χ1) is 15.2. The van der Waals surface area contributed by atoms with Crippen molar-refractivity contribution in [3.8, 4) is 0 Å². The van der Waals surface area contributed by atoms with Crippen LogP contribution in [0.5, 0.6) is 0 Å². The molecule has 0 aliphatic carbocycles. The molecule has 31 heavy (non-hydrogen) atoms. The zero-order valence-electron chi connectivity index (χ0n) is 17.0. The number of nitrogens with one attached hydrogen (secondary N) is 1. The summed E-state index contributed by atoms with van der Waals surface area (Å²) < 4.78 is 2.12. The van der Waals surface area contributed by atoms with Crippen LogP contribution in [0.2, 0.25) is 0 Å². The van der Waals surface area contributed by atoms with Gasteiger partial charge in [0.1, 0.15) is 5.82 Å². The molecule has 3 heterocycles. The van der Waals surface area contributed by atoms with Crippen molar-refractivity contribution in [3.63, 3.8) is 0 Å². The highest BCUT2D eigenvalue weighted by Gasteiger charge is 2.16. The molecule has 0 bridgehead atoms. The molecule has 7 nitrogen and oxygen atoms in total. The van der Waals surface area contributed by atoms with E-state index < -0.39 is 0 Å². The van der Waals surface area contributed by atoms with Crippen molar-refractivity contribution in [3.05, 3.63) is 95.6 Å². The van der Waals surface area contributed by atoms with E-state index in [1.807, 2.05) is 49.4 Å². The Bertz CT molecular complexity index is 1380. The van der Waals surface area contributed by atoms with Crippen LogP contribution in [0.25, 0.3) is 22.1 Å². The SMILES string of the molecule is Cc1nc2nnc3ccc(C(=O)NCc4cccnc4)cc3c2n1Cc1ccccc1. The van der Waals surface area contributed by atoms with Crippen molar-refractivity contribution in [1.29, 1.82) is 0 Å². The Hall–Kier alpha value is -4.13. The van der Waals surface area contributed by atoms with Gasteiger partial charge in [0.15, 0.2) is 0 Å². The fraction of sp³-hybridized carbons (Fsp3) is 0.125.